The van der Waals surface area contributed by atoms with E-state index in [0.29, 0.717) is 11.3 Å². The number of nitrogens with zero attached hydrogens (tertiary/aromatic N) is 2. The fourth-order valence-corrected chi connectivity index (χ4v) is 2.84. The maximum atomic E-state index is 12.6. The van der Waals surface area contributed by atoms with E-state index >= 15 is 0 Å². The van der Waals surface area contributed by atoms with Gasteiger partial charge >= 0.3 is 0 Å². The minimum Gasteiger partial charge on any atom is -0.287 e. The summed E-state index contributed by atoms with van der Waals surface area (Å²) in [7, 11) is 0. The fourth-order valence-electron chi connectivity index (χ4n) is 1.98. The summed E-state index contributed by atoms with van der Waals surface area (Å²) >= 11 is 1.67. The first-order chi connectivity index (χ1) is 9.13. The van der Waals surface area contributed by atoms with Crippen LogP contribution in [0.2, 0.25) is 0 Å². The minimum absolute atomic E-state index is 0.0814. The standard InChI is InChI=1S/C15H20N2OS/c1-4-9-19-15-16-13-8-6-5-7-12(13)14(18)17(15)10-11(2)3/h5-8,11H,4,9-10H2,1-3H3. The number of aromatic nitrogens is 2. The lowest BCUT2D eigenvalue weighted by atomic mass is 10.2. The van der Waals surface area contributed by atoms with Crippen molar-refractivity contribution >= 4 is 22.7 Å². The van der Waals surface area contributed by atoms with E-state index in [9.17, 15) is 4.79 Å². The second-order valence-electron chi connectivity index (χ2n) is 5.07. The lowest BCUT2D eigenvalue weighted by molar-refractivity contribution is 0.475. The highest BCUT2D eigenvalue weighted by Gasteiger charge is 2.11. The molecule has 0 fully saturated rings. The van der Waals surface area contributed by atoms with Crippen molar-refractivity contribution in [2.45, 2.75) is 38.9 Å². The molecule has 0 amide bonds. The molecule has 0 aliphatic heterocycles. The van der Waals surface area contributed by atoms with E-state index in [2.05, 4.69) is 25.8 Å². The van der Waals surface area contributed by atoms with Crippen molar-refractivity contribution in [2.24, 2.45) is 5.92 Å². The molecule has 102 valence electrons. The highest BCUT2D eigenvalue weighted by molar-refractivity contribution is 7.99. The molecule has 3 nitrogen and oxygen atoms in total. The number of benzene rings is 1. The van der Waals surface area contributed by atoms with Crippen molar-refractivity contribution in [3.63, 3.8) is 0 Å². The summed E-state index contributed by atoms with van der Waals surface area (Å²) in [4.78, 5) is 17.2. The summed E-state index contributed by atoms with van der Waals surface area (Å²) in [6.45, 7) is 7.10. The van der Waals surface area contributed by atoms with E-state index in [0.717, 1.165) is 29.4 Å². The Balaban J connectivity index is 2.58. The summed E-state index contributed by atoms with van der Waals surface area (Å²) in [5.41, 5.74) is 0.879. The number of rotatable bonds is 5. The van der Waals surface area contributed by atoms with Crippen LogP contribution in [0.3, 0.4) is 0 Å². The lowest BCUT2D eigenvalue weighted by Gasteiger charge is -2.14. The second-order valence-corrected chi connectivity index (χ2v) is 6.13. The normalized spacial score (nSPS) is 11.4. The van der Waals surface area contributed by atoms with Gasteiger partial charge in [-0.2, -0.15) is 0 Å². The monoisotopic (exact) mass is 276 g/mol. The Kier molecular flexibility index (Phi) is 4.64. The molecule has 0 spiro atoms. The Morgan fingerprint density at radius 1 is 1.32 bits per heavy atom. The lowest BCUT2D eigenvalue weighted by Crippen LogP contribution is -2.25. The molecule has 0 aliphatic carbocycles. The maximum absolute atomic E-state index is 12.6. The molecule has 0 N–H and O–H groups in total. The quantitative estimate of drug-likeness (QED) is 0.618. The summed E-state index contributed by atoms with van der Waals surface area (Å²) in [5, 5.41) is 1.56. The number of para-hydroxylation sites is 1. The molecule has 1 aromatic heterocycles. The number of fused-ring (bicyclic) bond motifs is 1. The predicted octanol–water partition coefficient (Wildman–Crippen LogP) is 3.55. The minimum atomic E-state index is 0.0814. The molecule has 0 saturated carbocycles. The number of hydrogen-bond acceptors (Lipinski definition) is 3. The number of thioether (sulfide) groups is 1. The van der Waals surface area contributed by atoms with Gasteiger partial charge in [0.2, 0.25) is 0 Å². The number of hydrogen-bond donors (Lipinski definition) is 0. The zero-order chi connectivity index (χ0) is 13.8. The van der Waals surface area contributed by atoms with Crippen molar-refractivity contribution in [3.05, 3.63) is 34.6 Å². The molecular weight excluding hydrogens is 256 g/mol. The van der Waals surface area contributed by atoms with Crippen LogP contribution in [0.1, 0.15) is 27.2 Å². The van der Waals surface area contributed by atoms with Gasteiger partial charge in [-0.15, -0.1) is 0 Å². The fraction of sp³-hybridized carbons (Fsp3) is 0.467. The van der Waals surface area contributed by atoms with E-state index in [1.165, 1.54) is 0 Å². The summed E-state index contributed by atoms with van der Waals surface area (Å²) in [6.07, 6.45) is 1.08. The van der Waals surface area contributed by atoms with E-state index in [1.54, 1.807) is 11.8 Å². The van der Waals surface area contributed by atoms with Crippen LogP contribution in [0.4, 0.5) is 0 Å². The van der Waals surface area contributed by atoms with Crippen molar-refractivity contribution in [3.8, 4) is 0 Å². The van der Waals surface area contributed by atoms with Crippen molar-refractivity contribution in [2.75, 3.05) is 5.75 Å². The van der Waals surface area contributed by atoms with Gasteiger partial charge in [0.25, 0.3) is 5.56 Å². The van der Waals surface area contributed by atoms with Crippen LogP contribution in [0.25, 0.3) is 10.9 Å². The first-order valence-electron chi connectivity index (χ1n) is 6.75. The summed E-state index contributed by atoms with van der Waals surface area (Å²) in [6, 6.07) is 7.59. The third-order valence-corrected chi connectivity index (χ3v) is 3.99. The van der Waals surface area contributed by atoms with Crippen LogP contribution in [-0.4, -0.2) is 15.3 Å². The Labute approximate surface area is 118 Å². The van der Waals surface area contributed by atoms with Gasteiger partial charge in [0.15, 0.2) is 5.16 Å². The second kappa shape index (κ2) is 6.24. The molecule has 0 unspecified atom stereocenters. The van der Waals surface area contributed by atoms with Crippen LogP contribution in [0.15, 0.2) is 34.2 Å². The van der Waals surface area contributed by atoms with Gasteiger partial charge in [0.1, 0.15) is 0 Å². The van der Waals surface area contributed by atoms with Gasteiger partial charge in [-0.3, -0.25) is 9.36 Å². The average Bonchev–Trinajstić information content (AvgIpc) is 2.40. The van der Waals surface area contributed by atoms with Gasteiger partial charge < -0.3 is 0 Å². The van der Waals surface area contributed by atoms with Crippen LogP contribution in [0.5, 0.6) is 0 Å². The molecule has 0 atom stereocenters. The maximum Gasteiger partial charge on any atom is 0.262 e. The van der Waals surface area contributed by atoms with Gasteiger partial charge in [0.05, 0.1) is 10.9 Å². The first-order valence-corrected chi connectivity index (χ1v) is 7.74. The molecule has 0 aliphatic rings. The third-order valence-electron chi connectivity index (χ3n) is 2.81. The van der Waals surface area contributed by atoms with Gasteiger partial charge in [-0.1, -0.05) is 44.7 Å². The third kappa shape index (κ3) is 3.18. The molecule has 19 heavy (non-hydrogen) atoms. The highest BCUT2D eigenvalue weighted by Crippen LogP contribution is 2.19. The summed E-state index contributed by atoms with van der Waals surface area (Å²) < 4.78 is 1.83. The SMILES string of the molecule is CCCSc1nc2ccccc2c(=O)n1CC(C)C. The Morgan fingerprint density at radius 2 is 2.05 bits per heavy atom. The zero-order valence-corrected chi connectivity index (χ0v) is 12.5. The highest BCUT2D eigenvalue weighted by atomic mass is 32.2. The molecule has 0 bridgehead atoms. The van der Waals surface area contributed by atoms with Crippen LogP contribution < -0.4 is 5.56 Å². The topological polar surface area (TPSA) is 34.9 Å². The van der Waals surface area contributed by atoms with Crippen LogP contribution in [-0.2, 0) is 6.54 Å². The zero-order valence-electron chi connectivity index (χ0n) is 11.7. The molecular formula is C15H20N2OS. The summed E-state index contributed by atoms with van der Waals surface area (Å²) in [5.74, 6) is 1.42. The van der Waals surface area contributed by atoms with Crippen molar-refractivity contribution < 1.29 is 0 Å². The van der Waals surface area contributed by atoms with Crippen molar-refractivity contribution in [1.82, 2.24) is 9.55 Å². The Morgan fingerprint density at radius 3 is 2.74 bits per heavy atom. The van der Waals surface area contributed by atoms with Gasteiger partial charge in [0, 0.05) is 12.3 Å². The molecule has 1 heterocycles. The Bertz CT molecular complexity index is 619. The van der Waals surface area contributed by atoms with Crippen LogP contribution >= 0.6 is 11.8 Å². The average molecular weight is 276 g/mol. The van der Waals surface area contributed by atoms with E-state index in [-0.39, 0.29) is 5.56 Å². The smallest absolute Gasteiger partial charge is 0.262 e. The van der Waals surface area contributed by atoms with E-state index in [4.69, 9.17) is 0 Å². The van der Waals surface area contributed by atoms with E-state index < -0.39 is 0 Å². The van der Waals surface area contributed by atoms with Crippen molar-refractivity contribution in [1.29, 1.82) is 0 Å². The molecule has 0 saturated heterocycles. The van der Waals surface area contributed by atoms with Gasteiger partial charge in [-0.25, -0.2) is 4.98 Å². The Hall–Kier alpha value is -1.29. The van der Waals surface area contributed by atoms with Gasteiger partial charge in [-0.05, 0) is 24.5 Å². The first kappa shape index (κ1) is 14.1. The molecule has 2 rings (SSSR count). The molecule has 2 aromatic rings. The predicted molar refractivity (Wildman–Crippen MR) is 81.9 cm³/mol. The molecule has 0 radical (unpaired) electrons. The molecule has 1 aromatic carbocycles. The van der Waals surface area contributed by atoms with E-state index in [1.807, 2.05) is 28.8 Å². The largest absolute Gasteiger partial charge is 0.287 e. The van der Waals surface area contributed by atoms with Crippen LogP contribution in [0, 0.1) is 5.92 Å². The molecule has 4 heteroatoms.